The van der Waals surface area contributed by atoms with E-state index in [4.69, 9.17) is 5.84 Å². The second-order valence-electron chi connectivity index (χ2n) is 4.03. The quantitative estimate of drug-likeness (QED) is 0.412. The zero-order valence-corrected chi connectivity index (χ0v) is 10.7. The van der Waals surface area contributed by atoms with Crippen LogP contribution < -0.4 is 16.6 Å². The van der Waals surface area contributed by atoms with E-state index < -0.39 is 0 Å². The second kappa shape index (κ2) is 6.25. The predicted molar refractivity (Wildman–Crippen MR) is 70.6 cm³/mol. The summed E-state index contributed by atoms with van der Waals surface area (Å²) >= 11 is 0. The number of para-hydroxylation sites is 1. The first kappa shape index (κ1) is 13.5. The van der Waals surface area contributed by atoms with Gasteiger partial charge in [-0.05, 0) is 30.9 Å². The lowest BCUT2D eigenvalue weighted by atomic mass is 10.0. The molecule has 0 aromatic heterocycles. The van der Waals surface area contributed by atoms with Gasteiger partial charge in [0.05, 0.1) is 0 Å². The molecule has 0 fully saturated rings. The molecule has 0 spiro atoms. The number of nitrogens with two attached hydrogens (primary N) is 1. The van der Waals surface area contributed by atoms with Crippen molar-refractivity contribution in [3.8, 4) is 0 Å². The molecular formula is C13H21N3O. The number of aryl methyl sites for hydroxylation is 2. The Morgan fingerprint density at radius 1 is 1.29 bits per heavy atom. The summed E-state index contributed by atoms with van der Waals surface area (Å²) in [6, 6.07) is 5.87. The largest absolute Gasteiger partial charge is 0.373 e. The van der Waals surface area contributed by atoms with E-state index >= 15 is 0 Å². The van der Waals surface area contributed by atoms with Gasteiger partial charge in [-0.15, -0.1) is 0 Å². The van der Waals surface area contributed by atoms with Gasteiger partial charge in [0.1, 0.15) is 6.04 Å². The maximum atomic E-state index is 11.4. The van der Waals surface area contributed by atoms with Crippen LogP contribution in [-0.4, -0.2) is 11.9 Å². The number of benzene rings is 1. The summed E-state index contributed by atoms with van der Waals surface area (Å²) in [4.78, 5) is 11.4. The van der Waals surface area contributed by atoms with Crippen molar-refractivity contribution in [2.45, 2.75) is 39.7 Å². The van der Waals surface area contributed by atoms with Gasteiger partial charge in [0, 0.05) is 5.69 Å². The van der Waals surface area contributed by atoms with Gasteiger partial charge in [-0.2, -0.15) is 0 Å². The summed E-state index contributed by atoms with van der Waals surface area (Å²) < 4.78 is 0. The maximum Gasteiger partial charge on any atom is 0.256 e. The van der Waals surface area contributed by atoms with E-state index in [1.165, 1.54) is 11.1 Å². The van der Waals surface area contributed by atoms with E-state index in [1.807, 2.05) is 0 Å². The van der Waals surface area contributed by atoms with Crippen molar-refractivity contribution < 1.29 is 4.79 Å². The van der Waals surface area contributed by atoms with Crippen molar-refractivity contribution in [2.24, 2.45) is 5.84 Å². The Balaban J connectivity index is 2.99. The number of hydrogen-bond donors (Lipinski definition) is 3. The number of amides is 1. The fourth-order valence-electron chi connectivity index (χ4n) is 1.84. The third-order valence-corrected chi connectivity index (χ3v) is 2.90. The molecule has 1 amide bonds. The van der Waals surface area contributed by atoms with Crippen LogP contribution in [0, 0.1) is 0 Å². The zero-order valence-electron chi connectivity index (χ0n) is 10.7. The molecule has 1 aromatic carbocycles. The Morgan fingerprint density at radius 2 is 1.82 bits per heavy atom. The molecule has 94 valence electrons. The molecule has 0 radical (unpaired) electrons. The van der Waals surface area contributed by atoms with E-state index in [9.17, 15) is 4.79 Å². The average Bonchev–Trinajstić information content (AvgIpc) is 2.37. The van der Waals surface area contributed by atoms with E-state index in [0.29, 0.717) is 0 Å². The predicted octanol–water partition coefficient (Wildman–Crippen LogP) is 1.60. The van der Waals surface area contributed by atoms with E-state index in [-0.39, 0.29) is 11.9 Å². The minimum Gasteiger partial charge on any atom is -0.373 e. The molecule has 0 saturated carbocycles. The van der Waals surface area contributed by atoms with Crippen molar-refractivity contribution in [1.82, 2.24) is 5.43 Å². The molecule has 1 aromatic rings. The van der Waals surface area contributed by atoms with Crippen molar-refractivity contribution in [1.29, 1.82) is 0 Å². The zero-order chi connectivity index (χ0) is 12.8. The van der Waals surface area contributed by atoms with Crippen molar-refractivity contribution in [2.75, 3.05) is 5.32 Å². The number of hydrogen-bond acceptors (Lipinski definition) is 3. The third-order valence-electron chi connectivity index (χ3n) is 2.90. The van der Waals surface area contributed by atoms with E-state index in [2.05, 4.69) is 42.8 Å². The molecule has 0 aliphatic carbocycles. The van der Waals surface area contributed by atoms with Crippen LogP contribution >= 0.6 is 0 Å². The molecule has 0 aliphatic rings. The standard InChI is InChI=1S/C13H21N3O/c1-4-10-7-6-8-11(5-2)12(10)15-9(3)13(17)16-14/h6-9,15H,4-5,14H2,1-3H3,(H,16,17). The fourth-order valence-corrected chi connectivity index (χ4v) is 1.84. The summed E-state index contributed by atoms with van der Waals surface area (Å²) in [6.07, 6.45) is 1.88. The van der Waals surface area contributed by atoms with Crippen LogP contribution in [0.15, 0.2) is 18.2 Å². The first-order chi connectivity index (χ1) is 8.13. The van der Waals surface area contributed by atoms with Crippen LogP contribution in [-0.2, 0) is 17.6 Å². The molecule has 0 heterocycles. The number of nitrogens with one attached hydrogen (secondary N) is 2. The monoisotopic (exact) mass is 235 g/mol. The molecule has 1 atom stereocenters. The molecule has 4 nitrogen and oxygen atoms in total. The number of hydrazine groups is 1. The van der Waals surface area contributed by atoms with Crippen molar-refractivity contribution in [3.63, 3.8) is 0 Å². The molecule has 0 bridgehead atoms. The van der Waals surface area contributed by atoms with Crippen LogP contribution in [0.5, 0.6) is 0 Å². The third kappa shape index (κ3) is 3.20. The fraction of sp³-hybridized carbons (Fsp3) is 0.462. The average molecular weight is 235 g/mol. The Morgan fingerprint density at radius 3 is 2.24 bits per heavy atom. The molecule has 0 saturated heterocycles. The second-order valence-corrected chi connectivity index (χ2v) is 4.03. The molecule has 1 rings (SSSR count). The van der Waals surface area contributed by atoms with Gasteiger partial charge in [0.25, 0.3) is 5.91 Å². The molecule has 0 aliphatic heterocycles. The molecule has 17 heavy (non-hydrogen) atoms. The summed E-state index contributed by atoms with van der Waals surface area (Å²) in [5.41, 5.74) is 5.67. The van der Waals surface area contributed by atoms with Crippen molar-refractivity contribution in [3.05, 3.63) is 29.3 Å². The van der Waals surface area contributed by atoms with Gasteiger partial charge in [-0.3, -0.25) is 10.2 Å². The van der Waals surface area contributed by atoms with Crippen LogP contribution in [0.2, 0.25) is 0 Å². The normalized spacial score (nSPS) is 12.0. The molecule has 4 heteroatoms. The number of carbonyl (C=O) groups excluding carboxylic acids is 1. The summed E-state index contributed by atoms with van der Waals surface area (Å²) in [7, 11) is 0. The van der Waals surface area contributed by atoms with Crippen LogP contribution in [0.25, 0.3) is 0 Å². The van der Waals surface area contributed by atoms with Crippen LogP contribution in [0.3, 0.4) is 0 Å². The first-order valence-electron chi connectivity index (χ1n) is 6.01. The highest BCUT2D eigenvalue weighted by molar-refractivity contribution is 5.84. The number of carbonyl (C=O) groups is 1. The van der Waals surface area contributed by atoms with Gasteiger partial charge < -0.3 is 5.32 Å². The highest BCUT2D eigenvalue weighted by Crippen LogP contribution is 2.23. The summed E-state index contributed by atoms with van der Waals surface area (Å²) in [5, 5.41) is 3.24. The van der Waals surface area contributed by atoms with Crippen LogP contribution in [0.4, 0.5) is 5.69 Å². The first-order valence-corrected chi connectivity index (χ1v) is 6.01. The molecule has 4 N–H and O–H groups in total. The van der Waals surface area contributed by atoms with Gasteiger partial charge >= 0.3 is 0 Å². The minimum absolute atomic E-state index is 0.210. The van der Waals surface area contributed by atoms with Gasteiger partial charge in [-0.1, -0.05) is 32.0 Å². The SMILES string of the molecule is CCc1cccc(CC)c1NC(C)C(=O)NN. The topological polar surface area (TPSA) is 67.2 Å². The minimum atomic E-state index is -0.335. The number of rotatable bonds is 5. The van der Waals surface area contributed by atoms with Gasteiger partial charge in [0.15, 0.2) is 0 Å². The van der Waals surface area contributed by atoms with E-state index in [0.717, 1.165) is 18.5 Å². The smallest absolute Gasteiger partial charge is 0.256 e. The Kier molecular flexibility index (Phi) is 4.97. The highest BCUT2D eigenvalue weighted by atomic mass is 16.2. The maximum absolute atomic E-state index is 11.4. The number of anilines is 1. The van der Waals surface area contributed by atoms with Crippen molar-refractivity contribution >= 4 is 11.6 Å². The Bertz CT molecular complexity index is 368. The Labute approximate surface area is 103 Å². The Hall–Kier alpha value is -1.55. The lowest BCUT2D eigenvalue weighted by molar-refractivity contribution is -0.121. The van der Waals surface area contributed by atoms with Crippen LogP contribution in [0.1, 0.15) is 31.9 Å². The molecule has 1 unspecified atom stereocenters. The summed E-state index contributed by atoms with van der Waals surface area (Å²) in [6.45, 7) is 6.01. The van der Waals surface area contributed by atoms with E-state index in [1.54, 1.807) is 6.92 Å². The molecular weight excluding hydrogens is 214 g/mol. The van der Waals surface area contributed by atoms with Gasteiger partial charge in [-0.25, -0.2) is 5.84 Å². The highest BCUT2D eigenvalue weighted by Gasteiger charge is 2.14. The lowest BCUT2D eigenvalue weighted by Crippen LogP contribution is -2.41. The van der Waals surface area contributed by atoms with Gasteiger partial charge in [0.2, 0.25) is 0 Å². The summed E-state index contributed by atoms with van der Waals surface area (Å²) in [5.74, 6) is 4.92. The lowest BCUT2D eigenvalue weighted by Gasteiger charge is -2.19.